The van der Waals surface area contributed by atoms with E-state index in [2.05, 4.69) is 5.32 Å². The lowest BCUT2D eigenvalue weighted by atomic mass is 9.99. The van der Waals surface area contributed by atoms with Crippen LogP contribution in [0.15, 0.2) is 0 Å². The smallest absolute Gasteiger partial charge is 0.0690 e. The Labute approximate surface area is 62.6 Å². The van der Waals surface area contributed by atoms with Gasteiger partial charge in [-0.3, -0.25) is 0 Å². The molecule has 0 aromatic rings. The van der Waals surface area contributed by atoms with E-state index in [9.17, 15) is 5.11 Å². The van der Waals surface area contributed by atoms with E-state index in [4.69, 9.17) is 0 Å². The lowest BCUT2D eigenvalue weighted by Crippen LogP contribution is -2.42. The summed E-state index contributed by atoms with van der Waals surface area (Å²) in [7, 11) is 0. The Hall–Kier alpha value is -0.0800. The third-order valence-corrected chi connectivity index (χ3v) is 2.23. The number of hydrogen-bond donors (Lipinski definition) is 2. The summed E-state index contributed by atoms with van der Waals surface area (Å²) in [5, 5.41) is 12.7. The van der Waals surface area contributed by atoms with Crippen molar-refractivity contribution in [2.45, 2.75) is 44.8 Å². The van der Waals surface area contributed by atoms with Crippen LogP contribution in [0, 0.1) is 0 Å². The Morgan fingerprint density at radius 3 is 2.90 bits per heavy atom. The number of rotatable bonds is 2. The molecule has 0 amide bonds. The fourth-order valence-corrected chi connectivity index (χ4v) is 1.49. The number of piperidine rings is 1. The molecule has 1 rings (SSSR count). The van der Waals surface area contributed by atoms with Gasteiger partial charge in [-0.25, -0.2) is 0 Å². The maximum atomic E-state index is 9.42. The normalized spacial score (nSPS) is 30.0. The number of nitrogens with one attached hydrogen (secondary N) is 1. The molecule has 2 N–H and O–H groups in total. The van der Waals surface area contributed by atoms with Gasteiger partial charge in [0.1, 0.15) is 0 Å². The molecule has 2 nitrogen and oxygen atoms in total. The van der Waals surface area contributed by atoms with Crippen molar-refractivity contribution in [3.05, 3.63) is 0 Å². The topological polar surface area (TPSA) is 32.3 Å². The predicted octanol–water partition coefficient (Wildman–Crippen LogP) is 0.899. The summed E-state index contributed by atoms with van der Waals surface area (Å²) in [5.41, 5.74) is 0. The monoisotopic (exact) mass is 143 g/mol. The zero-order chi connectivity index (χ0) is 7.40. The molecule has 0 aromatic carbocycles. The molecule has 1 aliphatic heterocycles. The first-order valence-electron chi connectivity index (χ1n) is 4.26. The third kappa shape index (κ3) is 1.96. The Balaban J connectivity index is 2.24. The van der Waals surface area contributed by atoms with Crippen LogP contribution in [0.1, 0.15) is 32.6 Å². The van der Waals surface area contributed by atoms with Crippen molar-refractivity contribution >= 4 is 0 Å². The van der Waals surface area contributed by atoms with E-state index < -0.39 is 0 Å². The molecular formula is C8H17NO. The summed E-state index contributed by atoms with van der Waals surface area (Å²) in [4.78, 5) is 0. The molecular weight excluding hydrogens is 126 g/mol. The van der Waals surface area contributed by atoms with Crippen LogP contribution in [0.25, 0.3) is 0 Å². The van der Waals surface area contributed by atoms with Crippen molar-refractivity contribution in [3.8, 4) is 0 Å². The maximum absolute atomic E-state index is 9.42. The standard InChI is InChI=1S/C8H17NO/c1-2-8(10)7-5-3-4-6-9-7/h7-10H,2-6H2,1H3/t7-,8?/m0/s1. The zero-order valence-electron chi connectivity index (χ0n) is 6.64. The summed E-state index contributed by atoms with van der Waals surface area (Å²) in [6.07, 6.45) is 4.44. The first kappa shape index (κ1) is 8.02. The van der Waals surface area contributed by atoms with Gasteiger partial charge in [0.15, 0.2) is 0 Å². The number of aliphatic hydroxyl groups excluding tert-OH is 1. The molecule has 0 saturated carbocycles. The van der Waals surface area contributed by atoms with E-state index in [1.54, 1.807) is 0 Å². The molecule has 1 saturated heterocycles. The lowest BCUT2D eigenvalue weighted by Gasteiger charge is -2.27. The Bertz CT molecular complexity index is 89.3. The molecule has 0 aliphatic carbocycles. The second kappa shape index (κ2) is 3.94. The quantitative estimate of drug-likeness (QED) is 0.602. The highest BCUT2D eigenvalue weighted by atomic mass is 16.3. The minimum absolute atomic E-state index is 0.125. The highest BCUT2D eigenvalue weighted by Crippen LogP contribution is 2.11. The van der Waals surface area contributed by atoms with Crippen molar-refractivity contribution in [1.82, 2.24) is 5.32 Å². The van der Waals surface area contributed by atoms with Gasteiger partial charge in [-0.2, -0.15) is 0 Å². The first-order chi connectivity index (χ1) is 4.84. The molecule has 0 aromatic heterocycles. The lowest BCUT2D eigenvalue weighted by molar-refractivity contribution is 0.109. The van der Waals surface area contributed by atoms with Crippen molar-refractivity contribution < 1.29 is 5.11 Å². The van der Waals surface area contributed by atoms with Gasteiger partial charge in [0, 0.05) is 6.04 Å². The van der Waals surface area contributed by atoms with Gasteiger partial charge in [-0.05, 0) is 25.8 Å². The second-order valence-electron chi connectivity index (χ2n) is 3.03. The minimum atomic E-state index is -0.125. The average molecular weight is 143 g/mol. The average Bonchev–Trinajstić information content (AvgIpc) is 2.05. The zero-order valence-corrected chi connectivity index (χ0v) is 6.64. The summed E-state index contributed by atoms with van der Waals surface area (Å²) in [5.74, 6) is 0. The third-order valence-electron chi connectivity index (χ3n) is 2.23. The van der Waals surface area contributed by atoms with Crippen LogP contribution in [0.4, 0.5) is 0 Å². The van der Waals surface area contributed by atoms with Gasteiger partial charge in [-0.1, -0.05) is 13.3 Å². The molecule has 0 spiro atoms. The number of aliphatic hydroxyl groups is 1. The molecule has 1 unspecified atom stereocenters. The van der Waals surface area contributed by atoms with Crippen molar-refractivity contribution in [1.29, 1.82) is 0 Å². The fourth-order valence-electron chi connectivity index (χ4n) is 1.49. The summed E-state index contributed by atoms with van der Waals surface area (Å²) >= 11 is 0. The van der Waals surface area contributed by atoms with Crippen LogP contribution in [-0.2, 0) is 0 Å². The summed E-state index contributed by atoms with van der Waals surface area (Å²) in [6, 6.07) is 0.374. The van der Waals surface area contributed by atoms with Crippen LogP contribution in [0.5, 0.6) is 0 Å². The Kier molecular flexibility index (Phi) is 3.16. The highest BCUT2D eigenvalue weighted by molar-refractivity contribution is 4.77. The van der Waals surface area contributed by atoms with Crippen LogP contribution < -0.4 is 5.32 Å². The van der Waals surface area contributed by atoms with E-state index in [-0.39, 0.29) is 6.10 Å². The molecule has 1 heterocycles. The molecule has 2 heteroatoms. The van der Waals surface area contributed by atoms with E-state index in [0.717, 1.165) is 19.4 Å². The minimum Gasteiger partial charge on any atom is -0.392 e. The van der Waals surface area contributed by atoms with Crippen molar-refractivity contribution in [3.63, 3.8) is 0 Å². The molecule has 1 fully saturated rings. The van der Waals surface area contributed by atoms with Crippen molar-refractivity contribution in [2.24, 2.45) is 0 Å². The van der Waals surface area contributed by atoms with E-state index >= 15 is 0 Å². The first-order valence-corrected chi connectivity index (χ1v) is 4.26. The van der Waals surface area contributed by atoms with Gasteiger partial charge in [0.2, 0.25) is 0 Å². The molecule has 60 valence electrons. The van der Waals surface area contributed by atoms with Crippen LogP contribution in [0.2, 0.25) is 0 Å². The van der Waals surface area contributed by atoms with Crippen LogP contribution in [-0.4, -0.2) is 23.8 Å². The van der Waals surface area contributed by atoms with Crippen LogP contribution >= 0.6 is 0 Å². The molecule has 10 heavy (non-hydrogen) atoms. The van der Waals surface area contributed by atoms with Crippen molar-refractivity contribution in [2.75, 3.05) is 6.54 Å². The molecule has 2 atom stereocenters. The van der Waals surface area contributed by atoms with Crippen LogP contribution in [0.3, 0.4) is 0 Å². The fraction of sp³-hybridized carbons (Fsp3) is 1.00. The van der Waals surface area contributed by atoms with Gasteiger partial charge in [-0.15, -0.1) is 0 Å². The maximum Gasteiger partial charge on any atom is 0.0690 e. The van der Waals surface area contributed by atoms with E-state index in [1.165, 1.54) is 12.8 Å². The van der Waals surface area contributed by atoms with E-state index in [1.807, 2.05) is 6.92 Å². The van der Waals surface area contributed by atoms with Gasteiger partial charge >= 0.3 is 0 Å². The second-order valence-corrected chi connectivity index (χ2v) is 3.03. The van der Waals surface area contributed by atoms with Gasteiger partial charge in [0.05, 0.1) is 6.10 Å². The SMILES string of the molecule is CCC(O)[C@@H]1CCCCN1. The molecule has 1 aliphatic rings. The van der Waals surface area contributed by atoms with Gasteiger partial charge in [0.25, 0.3) is 0 Å². The summed E-state index contributed by atoms with van der Waals surface area (Å²) < 4.78 is 0. The Morgan fingerprint density at radius 1 is 1.60 bits per heavy atom. The van der Waals surface area contributed by atoms with Gasteiger partial charge < -0.3 is 10.4 Å². The highest BCUT2D eigenvalue weighted by Gasteiger charge is 2.18. The largest absolute Gasteiger partial charge is 0.392 e. The molecule has 0 radical (unpaired) electrons. The summed E-state index contributed by atoms with van der Waals surface area (Å²) in [6.45, 7) is 3.11. The van der Waals surface area contributed by atoms with E-state index in [0.29, 0.717) is 6.04 Å². The molecule has 0 bridgehead atoms. The predicted molar refractivity (Wildman–Crippen MR) is 41.9 cm³/mol. The Morgan fingerprint density at radius 2 is 2.40 bits per heavy atom. The number of hydrogen-bond acceptors (Lipinski definition) is 2.